The number of hydrogen-bond donors (Lipinski definition) is 1. The van der Waals surface area contributed by atoms with Crippen LogP contribution in [0.3, 0.4) is 0 Å². The summed E-state index contributed by atoms with van der Waals surface area (Å²) in [6.45, 7) is 6.98. The number of carbonyl (C=O) groups excluding carboxylic acids is 1. The van der Waals surface area contributed by atoms with E-state index in [1.165, 1.54) is 12.1 Å². The number of amides is 1. The lowest BCUT2D eigenvalue weighted by molar-refractivity contribution is 0.0685. The van der Waals surface area contributed by atoms with Crippen LogP contribution >= 0.6 is 11.6 Å². The molecule has 1 amide bonds. The Bertz CT molecular complexity index is 434. The van der Waals surface area contributed by atoms with Crippen molar-refractivity contribution >= 4 is 17.5 Å². The normalized spacial score (nSPS) is 12.2. The molecule has 1 aromatic rings. The fraction of sp³-hybridized carbons (Fsp3) is 0.533. The molecule has 0 spiro atoms. The highest BCUT2D eigenvalue weighted by atomic mass is 35.5. The predicted octanol–water partition coefficient (Wildman–Crippen LogP) is 4.09. The van der Waals surface area contributed by atoms with Crippen molar-refractivity contribution in [2.24, 2.45) is 0 Å². The Morgan fingerprint density at radius 3 is 2.63 bits per heavy atom. The summed E-state index contributed by atoms with van der Waals surface area (Å²) in [6.07, 6.45) is 2.96. The quantitative estimate of drug-likeness (QED) is 0.854. The third kappa shape index (κ3) is 4.13. The van der Waals surface area contributed by atoms with Crippen molar-refractivity contribution < 1.29 is 9.90 Å². The molecule has 0 heterocycles. The van der Waals surface area contributed by atoms with Crippen molar-refractivity contribution in [1.82, 2.24) is 4.90 Å². The summed E-state index contributed by atoms with van der Waals surface area (Å²) >= 11 is 5.86. The highest BCUT2D eigenvalue weighted by Crippen LogP contribution is 2.25. The van der Waals surface area contributed by atoms with Crippen LogP contribution in [0.5, 0.6) is 5.75 Å². The average molecular weight is 284 g/mol. The summed E-state index contributed by atoms with van der Waals surface area (Å²) < 4.78 is 0. The number of carbonyl (C=O) groups is 1. The maximum atomic E-state index is 12.5. The summed E-state index contributed by atoms with van der Waals surface area (Å²) in [5, 5.41) is 9.62. The average Bonchev–Trinajstić information content (AvgIpc) is 2.41. The lowest BCUT2D eigenvalue weighted by Gasteiger charge is -2.28. The smallest absolute Gasteiger partial charge is 0.254 e. The summed E-state index contributed by atoms with van der Waals surface area (Å²) in [6, 6.07) is 4.81. The number of unbranched alkanes of at least 4 members (excludes halogenated alkanes) is 1. The van der Waals surface area contributed by atoms with Crippen molar-refractivity contribution in [2.45, 2.75) is 46.1 Å². The van der Waals surface area contributed by atoms with Gasteiger partial charge in [-0.05, 0) is 38.0 Å². The van der Waals surface area contributed by atoms with Gasteiger partial charge in [0.25, 0.3) is 5.91 Å². The minimum Gasteiger partial charge on any atom is -0.506 e. The van der Waals surface area contributed by atoms with E-state index in [-0.39, 0.29) is 22.7 Å². The van der Waals surface area contributed by atoms with E-state index < -0.39 is 0 Å². The van der Waals surface area contributed by atoms with Crippen LogP contribution in [0.4, 0.5) is 0 Å². The number of benzene rings is 1. The number of phenols is 1. The summed E-state index contributed by atoms with van der Waals surface area (Å²) in [5.41, 5.74) is 0.527. The van der Waals surface area contributed by atoms with Gasteiger partial charge in [0.2, 0.25) is 0 Å². The number of aromatic hydroxyl groups is 1. The molecule has 1 rings (SSSR count). The Kier molecular flexibility index (Phi) is 6.16. The zero-order chi connectivity index (χ0) is 14.4. The number of hydrogen-bond acceptors (Lipinski definition) is 2. The number of halogens is 1. The van der Waals surface area contributed by atoms with E-state index >= 15 is 0 Å². The topological polar surface area (TPSA) is 40.5 Å². The second kappa shape index (κ2) is 7.39. The molecule has 0 aliphatic heterocycles. The first kappa shape index (κ1) is 15.8. The molecule has 0 radical (unpaired) electrons. The van der Waals surface area contributed by atoms with Crippen LogP contribution in [0.2, 0.25) is 5.02 Å². The minimum absolute atomic E-state index is 0.00173. The van der Waals surface area contributed by atoms with Crippen LogP contribution in [-0.2, 0) is 0 Å². The van der Waals surface area contributed by atoms with Crippen molar-refractivity contribution in [3.05, 3.63) is 28.8 Å². The van der Waals surface area contributed by atoms with Gasteiger partial charge in [-0.3, -0.25) is 4.79 Å². The SMILES string of the molecule is CCCCN(C(=O)c1ccc(O)c(Cl)c1)C(C)CC. The number of nitrogens with zero attached hydrogens (tertiary/aromatic N) is 1. The fourth-order valence-electron chi connectivity index (χ4n) is 1.88. The molecule has 19 heavy (non-hydrogen) atoms. The molecule has 1 atom stereocenters. The molecule has 0 saturated carbocycles. The Labute approximate surface area is 120 Å². The van der Waals surface area contributed by atoms with Gasteiger partial charge >= 0.3 is 0 Å². The van der Waals surface area contributed by atoms with Gasteiger partial charge in [-0.2, -0.15) is 0 Å². The molecule has 1 N–H and O–H groups in total. The van der Waals surface area contributed by atoms with Crippen LogP contribution in [0.1, 0.15) is 50.4 Å². The van der Waals surface area contributed by atoms with Crippen molar-refractivity contribution in [1.29, 1.82) is 0 Å². The van der Waals surface area contributed by atoms with Gasteiger partial charge in [0.1, 0.15) is 5.75 Å². The molecule has 0 aromatic heterocycles. The molecule has 0 saturated heterocycles. The monoisotopic (exact) mass is 283 g/mol. The van der Waals surface area contributed by atoms with Crippen LogP contribution in [0.15, 0.2) is 18.2 Å². The van der Waals surface area contributed by atoms with Crippen molar-refractivity contribution in [3.63, 3.8) is 0 Å². The Morgan fingerprint density at radius 1 is 1.42 bits per heavy atom. The first-order chi connectivity index (χ1) is 9.01. The zero-order valence-corrected chi connectivity index (χ0v) is 12.6. The maximum Gasteiger partial charge on any atom is 0.254 e. The standard InChI is InChI=1S/C15H22ClNO2/c1-4-6-9-17(11(3)5-2)15(19)12-7-8-14(18)13(16)10-12/h7-8,10-11,18H,4-6,9H2,1-3H3. The van der Waals surface area contributed by atoms with Gasteiger partial charge in [0, 0.05) is 18.2 Å². The van der Waals surface area contributed by atoms with Crippen LogP contribution < -0.4 is 0 Å². The molecule has 0 aliphatic carbocycles. The number of phenolic OH excluding ortho intramolecular Hbond substituents is 1. The second-order valence-electron chi connectivity index (χ2n) is 4.78. The Hall–Kier alpha value is -1.22. The molecular formula is C15H22ClNO2. The minimum atomic E-state index is -0.0234. The van der Waals surface area contributed by atoms with E-state index in [9.17, 15) is 9.90 Å². The molecule has 1 aromatic carbocycles. The molecule has 106 valence electrons. The van der Waals surface area contributed by atoms with Gasteiger partial charge in [-0.25, -0.2) is 0 Å². The van der Waals surface area contributed by atoms with E-state index in [1.807, 2.05) is 4.90 Å². The van der Waals surface area contributed by atoms with Gasteiger partial charge in [0.05, 0.1) is 5.02 Å². The van der Waals surface area contributed by atoms with Crippen molar-refractivity contribution in [2.75, 3.05) is 6.54 Å². The van der Waals surface area contributed by atoms with E-state index in [0.29, 0.717) is 5.56 Å². The molecular weight excluding hydrogens is 262 g/mol. The van der Waals surface area contributed by atoms with E-state index in [4.69, 9.17) is 11.6 Å². The molecule has 4 heteroatoms. The largest absolute Gasteiger partial charge is 0.506 e. The van der Waals surface area contributed by atoms with Gasteiger partial charge in [0.15, 0.2) is 0 Å². The lowest BCUT2D eigenvalue weighted by atomic mass is 10.1. The molecule has 0 fully saturated rings. The predicted molar refractivity (Wildman–Crippen MR) is 78.8 cm³/mol. The van der Waals surface area contributed by atoms with Crippen LogP contribution in [-0.4, -0.2) is 28.5 Å². The zero-order valence-electron chi connectivity index (χ0n) is 11.8. The highest BCUT2D eigenvalue weighted by Gasteiger charge is 2.20. The summed E-state index contributed by atoms with van der Waals surface area (Å²) in [7, 11) is 0. The number of rotatable bonds is 6. The molecule has 0 bridgehead atoms. The second-order valence-corrected chi connectivity index (χ2v) is 5.18. The third-order valence-electron chi connectivity index (χ3n) is 3.33. The van der Waals surface area contributed by atoms with E-state index in [1.54, 1.807) is 6.07 Å². The first-order valence-electron chi connectivity index (χ1n) is 6.80. The third-order valence-corrected chi connectivity index (χ3v) is 3.63. The summed E-state index contributed by atoms with van der Waals surface area (Å²) in [4.78, 5) is 14.4. The van der Waals surface area contributed by atoms with Crippen LogP contribution in [0, 0.1) is 0 Å². The van der Waals surface area contributed by atoms with E-state index in [2.05, 4.69) is 20.8 Å². The molecule has 3 nitrogen and oxygen atoms in total. The van der Waals surface area contributed by atoms with Gasteiger partial charge in [-0.15, -0.1) is 0 Å². The van der Waals surface area contributed by atoms with Gasteiger partial charge in [-0.1, -0.05) is 31.9 Å². The molecule has 0 aliphatic rings. The first-order valence-corrected chi connectivity index (χ1v) is 7.18. The van der Waals surface area contributed by atoms with E-state index in [0.717, 1.165) is 25.8 Å². The highest BCUT2D eigenvalue weighted by molar-refractivity contribution is 6.32. The Morgan fingerprint density at radius 2 is 2.11 bits per heavy atom. The van der Waals surface area contributed by atoms with Crippen molar-refractivity contribution in [3.8, 4) is 5.75 Å². The molecule has 1 unspecified atom stereocenters. The van der Waals surface area contributed by atoms with Crippen LogP contribution in [0.25, 0.3) is 0 Å². The lowest BCUT2D eigenvalue weighted by Crippen LogP contribution is -2.39. The summed E-state index contributed by atoms with van der Waals surface area (Å²) in [5.74, 6) is -0.0217. The fourth-order valence-corrected chi connectivity index (χ4v) is 2.06. The maximum absolute atomic E-state index is 12.5. The Balaban J connectivity index is 2.94. The van der Waals surface area contributed by atoms with Gasteiger partial charge < -0.3 is 10.0 Å².